The fraction of sp³-hybridized carbons (Fsp3) is 0.923. The molecule has 0 heterocycles. The maximum absolute atomic E-state index is 7.69. The highest BCUT2D eigenvalue weighted by Crippen LogP contribution is 2.12. The average molecular weight is 272 g/mol. The van der Waals surface area contributed by atoms with Gasteiger partial charge in [-0.2, -0.15) is 0 Å². The normalized spacial score (nSPS) is 18.7. The smallest absolute Gasteiger partial charge is 0.0395 e. The summed E-state index contributed by atoms with van der Waals surface area (Å²) in [6, 6.07) is -0.461. The van der Waals surface area contributed by atoms with Gasteiger partial charge in [-0.25, -0.2) is 0 Å². The quantitative estimate of drug-likeness (QED) is 0.316. The van der Waals surface area contributed by atoms with Crippen molar-refractivity contribution in [1.82, 2.24) is 0 Å². The molecule has 0 aliphatic carbocycles. The van der Waals surface area contributed by atoms with E-state index in [1.54, 1.807) is 6.92 Å². The van der Waals surface area contributed by atoms with E-state index in [4.69, 9.17) is 34.1 Å². The van der Waals surface area contributed by atoms with Crippen LogP contribution in [0.4, 0.5) is 0 Å². The van der Waals surface area contributed by atoms with Crippen LogP contribution in [-0.4, -0.2) is 35.4 Å². The predicted octanol–water partition coefficient (Wildman–Crippen LogP) is -0.367. The second-order valence-corrected chi connectivity index (χ2v) is 6.46. The molecule has 4 atom stereocenters. The third-order valence-corrected chi connectivity index (χ3v) is 3.03. The zero-order chi connectivity index (χ0) is 15.2. The molecule has 0 aromatic carbocycles. The molecule has 19 heavy (non-hydrogen) atoms. The number of rotatable bonds is 9. The maximum atomic E-state index is 7.69. The van der Waals surface area contributed by atoms with Crippen molar-refractivity contribution in [2.24, 2.45) is 28.7 Å². The molecule has 6 heteroatoms. The van der Waals surface area contributed by atoms with Crippen LogP contribution in [0.2, 0.25) is 0 Å². The summed E-state index contributed by atoms with van der Waals surface area (Å²) in [5.74, 6) is 0. The molecule has 0 rings (SSSR count). The van der Waals surface area contributed by atoms with Crippen LogP contribution in [0.5, 0.6) is 0 Å². The monoisotopic (exact) mass is 272 g/mol. The summed E-state index contributed by atoms with van der Waals surface area (Å²) in [4.78, 5) is 0. The van der Waals surface area contributed by atoms with Crippen LogP contribution in [0.15, 0.2) is 0 Å². The van der Waals surface area contributed by atoms with Crippen molar-refractivity contribution < 1.29 is 0 Å². The van der Waals surface area contributed by atoms with E-state index in [2.05, 4.69) is 0 Å². The van der Waals surface area contributed by atoms with Gasteiger partial charge in [-0.05, 0) is 40.0 Å². The molecule has 0 aliphatic heterocycles. The number of nitrogens with two attached hydrogens (primary N) is 5. The van der Waals surface area contributed by atoms with E-state index in [9.17, 15) is 0 Å². The molecule has 0 bridgehead atoms. The minimum Gasteiger partial charge on any atom is -0.328 e. The topological polar surface area (TPSA) is 154 Å². The molecule has 0 amide bonds. The van der Waals surface area contributed by atoms with Crippen molar-refractivity contribution in [1.29, 1.82) is 5.41 Å². The second-order valence-electron chi connectivity index (χ2n) is 6.46. The molecular formula is C13H32N6. The summed E-state index contributed by atoms with van der Waals surface area (Å²) < 4.78 is 0. The van der Waals surface area contributed by atoms with Gasteiger partial charge in [-0.3, -0.25) is 0 Å². The molecule has 4 unspecified atom stereocenters. The van der Waals surface area contributed by atoms with Gasteiger partial charge in [0.1, 0.15) is 0 Å². The Hall–Kier alpha value is -0.530. The van der Waals surface area contributed by atoms with Crippen molar-refractivity contribution in [2.45, 2.75) is 76.2 Å². The lowest BCUT2D eigenvalue weighted by atomic mass is 9.90. The molecular weight excluding hydrogens is 240 g/mol. The Balaban J connectivity index is 4.03. The van der Waals surface area contributed by atoms with Gasteiger partial charge in [0.25, 0.3) is 0 Å². The van der Waals surface area contributed by atoms with Gasteiger partial charge >= 0.3 is 0 Å². The Morgan fingerprint density at radius 3 is 1.89 bits per heavy atom. The summed E-state index contributed by atoms with van der Waals surface area (Å²) in [6.45, 7) is 5.69. The Morgan fingerprint density at radius 2 is 1.47 bits per heavy atom. The first-order valence-corrected chi connectivity index (χ1v) is 6.89. The standard InChI is InChI=1S/C13H32N6/c1-8(14)12(18)6-10(16)4-9(15)5-11(17)7-13(2,3)19/h8-11,18H,4-7,14-17,19H2,1-3H3. The van der Waals surface area contributed by atoms with Crippen LogP contribution < -0.4 is 28.7 Å². The minimum absolute atomic E-state index is 0.0184. The fourth-order valence-electron chi connectivity index (χ4n) is 2.18. The van der Waals surface area contributed by atoms with E-state index < -0.39 is 0 Å². The van der Waals surface area contributed by atoms with E-state index in [-0.39, 0.29) is 29.7 Å². The largest absolute Gasteiger partial charge is 0.328 e. The van der Waals surface area contributed by atoms with E-state index in [0.717, 1.165) is 6.42 Å². The Bertz CT molecular complexity index is 271. The summed E-state index contributed by atoms with van der Waals surface area (Å²) in [6.07, 6.45) is 2.56. The minimum atomic E-state index is -0.279. The van der Waals surface area contributed by atoms with Crippen LogP contribution in [0.3, 0.4) is 0 Å². The number of hydrogen-bond acceptors (Lipinski definition) is 6. The zero-order valence-corrected chi connectivity index (χ0v) is 12.5. The van der Waals surface area contributed by atoms with Gasteiger partial charge in [-0.1, -0.05) is 0 Å². The van der Waals surface area contributed by atoms with Crippen LogP contribution >= 0.6 is 0 Å². The first-order chi connectivity index (χ1) is 8.51. The first kappa shape index (κ1) is 18.5. The molecule has 0 aromatic heterocycles. The molecule has 11 N–H and O–H groups in total. The molecule has 0 saturated heterocycles. The lowest BCUT2D eigenvalue weighted by molar-refractivity contribution is 0.376. The van der Waals surface area contributed by atoms with E-state index in [0.29, 0.717) is 25.0 Å². The van der Waals surface area contributed by atoms with Crippen molar-refractivity contribution in [3.05, 3.63) is 0 Å². The van der Waals surface area contributed by atoms with Crippen molar-refractivity contribution in [3.8, 4) is 0 Å². The third kappa shape index (κ3) is 9.98. The summed E-state index contributed by atoms with van der Waals surface area (Å²) in [5.41, 5.74) is 29.8. The van der Waals surface area contributed by atoms with Crippen LogP contribution in [-0.2, 0) is 0 Å². The lowest BCUT2D eigenvalue weighted by Crippen LogP contribution is -2.43. The van der Waals surface area contributed by atoms with Crippen LogP contribution in [0.25, 0.3) is 0 Å². The second kappa shape index (κ2) is 7.91. The molecule has 0 fully saturated rings. The summed E-state index contributed by atoms with van der Waals surface area (Å²) >= 11 is 0. The molecule has 0 saturated carbocycles. The van der Waals surface area contributed by atoms with Gasteiger partial charge in [0.15, 0.2) is 0 Å². The number of hydrogen-bond donors (Lipinski definition) is 6. The van der Waals surface area contributed by atoms with Crippen LogP contribution in [0, 0.1) is 5.41 Å². The van der Waals surface area contributed by atoms with Crippen molar-refractivity contribution >= 4 is 5.71 Å². The molecule has 0 aromatic rings. The van der Waals surface area contributed by atoms with Gasteiger partial charge in [0.05, 0.1) is 0 Å². The molecule has 0 aliphatic rings. The van der Waals surface area contributed by atoms with Gasteiger partial charge in [0, 0.05) is 41.8 Å². The van der Waals surface area contributed by atoms with Gasteiger partial charge < -0.3 is 34.1 Å². The van der Waals surface area contributed by atoms with Gasteiger partial charge in [-0.15, -0.1) is 0 Å². The van der Waals surface area contributed by atoms with E-state index >= 15 is 0 Å². The highest BCUT2D eigenvalue weighted by atomic mass is 14.8. The fourth-order valence-corrected chi connectivity index (χ4v) is 2.18. The SMILES string of the molecule is CC(N)C(=N)CC(N)CC(N)CC(N)CC(C)(C)N. The molecule has 0 radical (unpaired) electrons. The Morgan fingerprint density at radius 1 is 1.00 bits per heavy atom. The van der Waals surface area contributed by atoms with Gasteiger partial charge in [0.2, 0.25) is 0 Å². The molecule has 114 valence electrons. The van der Waals surface area contributed by atoms with Crippen molar-refractivity contribution in [2.75, 3.05) is 0 Å². The lowest BCUT2D eigenvalue weighted by Gasteiger charge is -2.26. The predicted molar refractivity (Wildman–Crippen MR) is 82.0 cm³/mol. The van der Waals surface area contributed by atoms with Crippen molar-refractivity contribution in [3.63, 3.8) is 0 Å². The number of nitrogens with one attached hydrogen (secondary N) is 1. The third-order valence-electron chi connectivity index (χ3n) is 3.03. The highest BCUT2D eigenvalue weighted by Gasteiger charge is 2.20. The van der Waals surface area contributed by atoms with E-state index in [1.807, 2.05) is 13.8 Å². The Kier molecular flexibility index (Phi) is 7.69. The summed E-state index contributed by atoms with van der Waals surface area (Å²) in [5, 5.41) is 7.69. The molecule has 6 nitrogen and oxygen atoms in total. The Labute approximate surface area is 117 Å². The van der Waals surface area contributed by atoms with E-state index in [1.165, 1.54) is 0 Å². The first-order valence-electron chi connectivity index (χ1n) is 6.89. The average Bonchev–Trinajstić information content (AvgIpc) is 2.12. The summed E-state index contributed by atoms with van der Waals surface area (Å²) in [7, 11) is 0. The molecule has 0 spiro atoms. The maximum Gasteiger partial charge on any atom is 0.0395 e. The zero-order valence-electron chi connectivity index (χ0n) is 12.5. The highest BCUT2D eigenvalue weighted by molar-refractivity contribution is 5.86. The van der Waals surface area contributed by atoms with Crippen LogP contribution in [0.1, 0.15) is 46.5 Å².